The molecule has 0 saturated carbocycles. The zero-order valence-corrected chi connectivity index (χ0v) is 16.5. The number of hydrogen-bond donors (Lipinski definition) is 1. The van der Waals surface area contributed by atoms with E-state index in [-0.39, 0.29) is 11.3 Å². The lowest BCUT2D eigenvalue weighted by Gasteiger charge is -2.43. The number of carboxylic acid groups (broad SMARTS) is 1. The van der Waals surface area contributed by atoms with Crippen molar-refractivity contribution < 1.29 is 32.6 Å². The molecule has 1 unspecified atom stereocenters. The molecular formula is C18H25F3N2O4S. The minimum atomic E-state index is -5.08. The van der Waals surface area contributed by atoms with Crippen LogP contribution in [0.4, 0.5) is 13.2 Å². The number of hydrogen-bond acceptors (Lipinski definition) is 5. The van der Waals surface area contributed by atoms with E-state index < -0.39 is 12.1 Å². The van der Waals surface area contributed by atoms with Gasteiger partial charge in [-0.2, -0.15) is 13.2 Å². The maximum atomic E-state index is 12.5. The van der Waals surface area contributed by atoms with Crippen LogP contribution in [0.2, 0.25) is 0 Å². The number of likely N-dealkylation sites (tertiary alicyclic amines) is 1. The van der Waals surface area contributed by atoms with Gasteiger partial charge in [-0.05, 0) is 31.3 Å². The van der Waals surface area contributed by atoms with Crippen LogP contribution in [-0.2, 0) is 20.7 Å². The predicted octanol–water partition coefficient (Wildman–Crippen LogP) is 2.49. The van der Waals surface area contributed by atoms with E-state index in [9.17, 15) is 18.0 Å². The van der Waals surface area contributed by atoms with Gasteiger partial charge in [0.25, 0.3) is 0 Å². The highest BCUT2D eigenvalue weighted by atomic mass is 32.1. The smallest absolute Gasteiger partial charge is 0.475 e. The molecule has 0 aliphatic carbocycles. The van der Waals surface area contributed by atoms with Crippen LogP contribution >= 0.6 is 11.3 Å². The van der Waals surface area contributed by atoms with Crippen LogP contribution in [0.3, 0.4) is 0 Å². The van der Waals surface area contributed by atoms with Gasteiger partial charge in [0.05, 0.1) is 19.6 Å². The van der Waals surface area contributed by atoms with E-state index in [1.165, 1.54) is 6.42 Å². The Morgan fingerprint density at radius 3 is 2.64 bits per heavy atom. The van der Waals surface area contributed by atoms with Crippen LogP contribution in [0.25, 0.3) is 0 Å². The SMILES string of the molecule is CN1CCOCC2(CCCN(C(=O)Cc3cccs3)C2)C1.O=C(O)C(F)(F)F. The molecule has 158 valence electrons. The Morgan fingerprint density at radius 1 is 1.32 bits per heavy atom. The second-order valence-electron chi connectivity index (χ2n) is 7.27. The second kappa shape index (κ2) is 9.71. The van der Waals surface area contributed by atoms with E-state index in [1.54, 1.807) is 11.3 Å². The second-order valence-corrected chi connectivity index (χ2v) is 8.30. The molecule has 10 heteroatoms. The first-order valence-electron chi connectivity index (χ1n) is 8.98. The van der Waals surface area contributed by atoms with Gasteiger partial charge in [-0.15, -0.1) is 11.3 Å². The fourth-order valence-electron chi connectivity index (χ4n) is 3.55. The molecule has 2 saturated heterocycles. The molecule has 2 aliphatic heterocycles. The minimum absolute atomic E-state index is 0.134. The molecule has 1 aromatic heterocycles. The molecule has 1 N–H and O–H groups in total. The number of halogens is 3. The van der Waals surface area contributed by atoms with Gasteiger partial charge in [0.1, 0.15) is 0 Å². The Kier molecular flexibility index (Phi) is 7.85. The lowest BCUT2D eigenvalue weighted by Crippen LogP contribution is -2.52. The summed E-state index contributed by atoms with van der Waals surface area (Å²) in [6, 6.07) is 4.06. The highest BCUT2D eigenvalue weighted by Crippen LogP contribution is 2.33. The number of ether oxygens (including phenoxy) is 1. The van der Waals surface area contributed by atoms with E-state index >= 15 is 0 Å². The number of alkyl halides is 3. The highest BCUT2D eigenvalue weighted by molar-refractivity contribution is 7.10. The van der Waals surface area contributed by atoms with Crippen molar-refractivity contribution in [2.75, 3.05) is 46.4 Å². The number of likely N-dealkylation sites (N-methyl/N-ethyl adjacent to an activating group) is 1. The first-order valence-corrected chi connectivity index (χ1v) is 9.86. The molecule has 0 aromatic carbocycles. The number of carbonyl (C=O) groups is 2. The third kappa shape index (κ3) is 6.75. The van der Waals surface area contributed by atoms with Crippen LogP contribution in [0.1, 0.15) is 17.7 Å². The van der Waals surface area contributed by atoms with Gasteiger partial charge in [-0.1, -0.05) is 6.07 Å². The number of thiophene rings is 1. The van der Waals surface area contributed by atoms with Gasteiger partial charge in [0, 0.05) is 36.5 Å². The Labute approximate surface area is 165 Å². The number of nitrogens with zero attached hydrogens (tertiary/aromatic N) is 2. The van der Waals surface area contributed by atoms with Gasteiger partial charge in [-0.3, -0.25) is 4.79 Å². The predicted molar refractivity (Wildman–Crippen MR) is 98.3 cm³/mol. The summed E-state index contributed by atoms with van der Waals surface area (Å²) in [5.41, 5.74) is 0.134. The summed E-state index contributed by atoms with van der Waals surface area (Å²) in [6.07, 6.45) is -2.28. The maximum Gasteiger partial charge on any atom is 0.490 e. The molecule has 1 atom stereocenters. The number of carbonyl (C=O) groups excluding carboxylic acids is 1. The van der Waals surface area contributed by atoms with Crippen molar-refractivity contribution in [3.63, 3.8) is 0 Å². The Hall–Kier alpha value is -1.65. The van der Waals surface area contributed by atoms with Gasteiger partial charge in [0.2, 0.25) is 5.91 Å². The zero-order valence-electron chi connectivity index (χ0n) is 15.7. The third-order valence-electron chi connectivity index (χ3n) is 4.79. The van der Waals surface area contributed by atoms with Crippen molar-refractivity contribution in [3.05, 3.63) is 22.4 Å². The number of aliphatic carboxylic acids is 1. The molecule has 6 nitrogen and oxygen atoms in total. The van der Waals surface area contributed by atoms with E-state index in [0.29, 0.717) is 6.42 Å². The van der Waals surface area contributed by atoms with Crippen LogP contribution in [0, 0.1) is 5.41 Å². The molecule has 0 bridgehead atoms. The van der Waals surface area contributed by atoms with Gasteiger partial charge in [-0.25, -0.2) is 4.79 Å². The summed E-state index contributed by atoms with van der Waals surface area (Å²) in [7, 11) is 2.16. The van der Waals surface area contributed by atoms with Crippen molar-refractivity contribution in [2.24, 2.45) is 5.41 Å². The lowest BCUT2D eigenvalue weighted by molar-refractivity contribution is -0.192. The largest absolute Gasteiger partial charge is 0.490 e. The maximum absolute atomic E-state index is 12.5. The first-order chi connectivity index (χ1) is 13.1. The van der Waals surface area contributed by atoms with Crippen molar-refractivity contribution in [1.29, 1.82) is 0 Å². The molecule has 1 amide bonds. The number of rotatable bonds is 2. The van der Waals surface area contributed by atoms with Crippen molar-refractivity contribution in [2.45, 2.75) is 25.4 Å². The summed E-state index contributed by atoms with van der Waals surface area (Å²) < 4.78 is 37.6. The third-order valence-corrected chi connectivity index (χ3v) is 5.67. The van der Waals surface area contributed by atoms with Crippen molar-refractivity contribution >= 4 is 23.2 Å². The van der Waals surface area contributed by atoms with Gasteiger partial charge >= 0.3 is 12.1 Å². The standard InChI is InChI=1S/C16H24N2O2S.C2HF3O2/c1-17-7-8-20-13-16(11-17)5-3-6-18(12-16)15(19)10-14-4-2-9-21-14;3-2(4,5)1(6)7/h2,4,9H,3,5-8,10-13H2,1H3;(H,6,7). The number of amides is 1. The van der Waals surface area contributed by atoms with Crippen LogP contribution in [-0.4, -0.2) is 79.4 Å². The summed E-state index contributed by atoms with van der Waals surface area (Å²) in [5.74, 6) is -2.49. The Bertz CT molecular complexity index is 654. The normalized spacial score (nSPS) is 23.6. The average molecular weight is 422 g/mol. The zero-order chi connectivity index (χ0) is 20.8. The van der Waals surface area contributed by atoms with Crippen molar-refractivity contribution in [3.8, 4) is 0 Å². The molecule has 2 aliphatic rings. The van der Waals surface area contributed by atoms with E-state index in [2.05, 4.69) is 16.8 Å². The van der Waals surface area contributed by atoms with E-state index in [4.69, 9.17) is 14.6 Å². The minimum Gasteiger partial charge on any atom is -0.475 e. The molecule has 3 rings (SSSR count). The molecule has 3 heterocycles. The quantitative estimate of drug-likeness (QED) is 0.793. The van der Waals surface area contributed by atoms with E-state index in [0.717, 1.165) is 50.7 Å². The van der Waals surface area contributed by atoms with Gasteiger partial charge in [0.15, 0.2) is 0 Å². The topological polar surface area (TPSA) is 70.1 Å². The van der Waals surface area contributed by atoms with E-state index in [1.807, 2.05) is 17.5 Å². The molecule has 0 radical (unpaired) electrons. The van der Waals surface area contributed by atoms with Crippen molar-refractivity contribution in [1.82, 2.24) is 9.80 Å². The first kappa shape index (κ1) is 22.6. The van der Waals surface area contributed by atoms with Crippen LogP contribution in [0.15, 0.2) is 17.5 Å². The van der Waals surface area contributed by atoms with Crippen LogP contribution < -0.4 is 0 Å². The summed E-state index contributed by atoms with van der Waals surface area (Å²) in [4.78, 5) is 27.0. The summed E-state index contributed by atoms with van der Waals surface area (Å²) >= 11 is 1.67. The molecular weight excluding hydrogens is 397 g/mol. The molecule has 2 fully saturated rings. The lowest BCUT2D eigenvalue weighted by atomic mass is 9.80. The molecule has 28 heavy (non-hydrogen) atoms. The Balaban J connectivity index is 0.000000345. The highest BCUT2D eigenvalue weighted by Gasteiger charge is 2.39. The number of carboxylic acids is 1. The van der Waals surface area contributed by atoms with Crippen LogP contribution in [0.5, 0.6) is 0 Å². The summed E-state index contributed by atoms with van der Waals surface area (Å²) in [5, 5.41) is 9.16. The molecule has 1 aromatic rings. The molecule has 1 spiro atoms. The van der Waals surface area contributed by atoms with Gasteiger partial charge < -0.3 is 19.6 Å². The summed E-state index contributed by atoms with van der Waals surface area (Å²) in [6.45, 7) is 5.37. The Morgan fingerprint density at radius 2 is 2.04 bits per heavy atom. The fraction of sp³-hybridized carbons (Fsp3) is 0.667. The fourth-order valence-corrected chi connectivity index (χ4v) is 4.24. The monoisotopic (exact) mass is 422 g/mol. The number of piperidine rings is 1. The average Bonchev–Trinajstić information content (AvgIpc) is 3.05.